The van der Waals surface area contributed by atoms with E-state index in [-0.39, 0.29) is 11.9 Å². The fourth-order valence-electron chi connectivity index (χ4n) is 3.40. The number of hydrogen-bond acceptors (Lipinski definition) is 3. The van der Waals surface area contributed by atoms with Crippen molar-refractivity contribution in [1.82, 2.24) is 15.5 Å². The van der Waals surface area contributed by atoms with E-state index in [1.165, 1.54) is 31.5 Å². The quantitative estimate of drug-likeness (QED) is 0.881. The van der Waals surface area contributed by atoms with Gasteiger partial charge in [-0.05, 0) is 50.4 Å². The predicted molar refractivity (Wildman–Crippen MR) is 84.2 cm³/mol. The first-order valence-electron chi connectivity index (χ1n) is 8.08. The van der Waals surface area contributed by atoms with Gasteiger partial charge in [0, 0.05) is 19.1 Å². The maximum atomic E-state index is 12.5. The summed E-state index contributed by atoms with van der Waals surface area (Å²) in [5.41, 5.74) is 2.43. The smallest absolute Gasteiger partial charge is 0.241 e. The normalized spacial score (nSPS) is 23.6. The molecule has 3 rings (SSSR count). The fraction of sp³-hybridized carbons (Fsp3) is 0.588. The van der Waals surface area contributed by atoms with Crippen LogP contribution in [-0.2, 0) is 11.2 Å². The molecule has 2 aliphatic rings. The fourth-order valence-corrected chi connectivity index (χ4v) is 3.40. The zero-order valence-electron chi connectivity index (χ0n) is 12.8. The minimum Gasteiger partial charge on any atom is -0.353 e. The number of rotatable bonds is 4. The molecule has 0 aromatic heterocycles. The molecule has 2 atom stereocenters. The van der Waals surface area contributed by atoms with Gasteiger partial charge in [0.25, 0.3) is 0 Å². The lowest BCUT2D eigenvalue weighted by molar-refractivity contribution is -0.123. The van der Waals surface area contributed by atoms with Crippen molar-refractivity contribution < 1.29 is 4.79 Å². The van der Waals surface area contributed by atoms with Gasteiger partial charge in [0.05, 0.1) is 0 Å². The van der Waals surface area contributed by atoms with Gasteiger partial charge in [0.15, 0.2) is 0 Å². The van der Waals surface area contributed by atoms with Gasteiger partial charge in [-0.3, -0.25) is 9.69 Å². The second-order valence-electron chi connectivity index (χ2n) is 6.17. The van der Waals surface area contributed by atoms with Crippen molar-refractivity contribution in [2.45, 2.75) is 38.3 Å². The molecule has 1 fully saturated rings. The van der Waals surface area contributed by atoms with Crippen molar-refractivity contribution in [2.24, 2.45) is 0 Å². The lowest BCUT2D eigenvalue weighted by Gasteiger charge is -2.28. The third-order valence-corrected chi connectivity index (χ3v) is 4.71. The zero-order valence-corrected chi connectivity index (χ0v) is 12.8. The molecule has 0 saturated carbocycles. The third kappa shape index (κ3) is 3.27. The van der Waals surface area contributed by atoms with Gasteiger partial charge in [-0.2, -0.15) is 0 Å². The monoisotopic (exact) mass is 287 g/mol. The Morgan fingerprint density at radius 2 is 2.14 bits per heavy atom. The van der Waals surface area contributed by atoms with Crippen LogP contribution in [0.4, 0.5) is 0 Å². The molecule has 2 N–H and O–H groups in total. The van der Waals surface area contributed by atoms with Gasteiger partial charge in [-0.15, -0.1) is 0 Å². The first-order chi connectivity index (χ1) is 10.3. The summed E-state index contributed by atoms with van der Waals surface area (Å²) >= 11 is 0. The van der Waals surface area contributed by atoms with Crippen molar-refractivity contribution in [3.63, 3.8) is 0 Å². The topological polar surface area (TPSA) is 44.4 Å². The summed E-state index contributed by atoms with van der Waals surface area (Å²) in [4.78, 5) is 14.9. The average molecular weight is 287 g/mol. The molecular formula is C17H25N3O. The van der Waals surface area contributed by atoms with E-state index in [0.717, 1.165) is 25.1 Å². The van der Waals surface area contributed by atoms with Crippen molar-refractivity contribution in [2.75, 3.05) is 26.2 Å². The molecule has 2 heterocycles. The van der Waals surface area contributed by atoms with Crippen molar-refractivity contribution in [1.29, 1.82) is 0 Å². The van der Waals surface area contributed by atoms with Crippen molar-refractivity contribution in [3.8, 4) is 0 Å². The second-order valence-corrected chi connectivity index (χ2v) is 6.17. The average Bonchev–Trinajstić information content (AvgIpc) is 3.06. The van der Waals surface area contributed by atoms with Gasteiger partial charge in [-0.25, -0.2) is 0 Å². The molecule has 4 heteroatoms. The number of hydrogen-bond donors (Lipinski definition) is 2. The van der Waals surface area contributed by atoms with Crippen LogP contribution < -0.4 is 10.6 Å². The van der Waals surface area contributed by atoms with E-state index in [1.807, 2.05) is 6.07 Å². The maximum absolute atomic E-state index is 12.5. The number of carbonyl (C=O) groups is 1. The van der Waals surface area contributed by atoms with Crippen LogP contribution in [0.25, 0.3) is 0 Å². The number of amides is 1. The van der Waals surface area contributed by atoms with Crippen LogP contribution in [0.1, 0.15) is 36.9 Å². The Labute approximate surface area is 126 Å². The van der Waals surface area contributed by atoms with Crippen LogP contribution in [0.3, 0.4) is 0 Å². The van der Waals surface area contributed by atoms with Crippen LogP contribution in [0.5, 0.6) is 0 Å². The first kappa shape index (κ1) is 14.5. The minimum atomic E-state index is -0.194. The van der Waals surface area contributed by atoms with Crippen LogP contribution in [-0.4, -0.2) is 43.0 Å². The lowest BCUT2D eigenvalue weighted by atomic mass is 9.94. The zero-order chi connectivity index (χ0) is 14.7. The molecular weight excluding hydrogens is 262 g/mol. The Balaban J connectivity index is 1.58. The highest BCUT2D eigenvalue weighted by molar-refractivity contribution is 5.84. The highest BCUT2D eigenvalue weighted by atomic mass is 16.2. The van der Waals surface area contributed by atoms with Crippen LogP contribution in [0.15, 0.2) is 24.3 Å². The summed E-state index contributed by atoms with van der Waals surface area (Å²) in [5, 5.41) is 6.47. The SMILES string of the molecule is CC(CNC(=O)C1NCCc2ccccc21)N1CCCC1. The van der Waals surface area contributed by atoms with Crippen LogP contribution >= 0.6 is 0 Å². The van der Waals surface area contributed by atoms with Crippen LogP contribution in [0.2, 0.25) is 0 Å². The summed E-state index contributed by atoms with van der Waals surface area (Å²) in [5.74, 6) is 0.105. The van der Waals surface area contributed by atoms with Gasteiger partial charge in [0.2, 0.25) is 5.91 Å². The molecule has 1 aromatic rings. The Hall–Kier alpha value is -1.39. The minimum absolute atomic E-state index is 0.105. The summed E-state index contributed by atoms with van der Waals surface area (Å²) < 4.78 is 0. The standard InChI is InChI=1S/C17H25N3O/c1-13(20-10-4-5-11-20)12-19-17(21)16-15-7-3-2-6-14(15)8-9-18-16/h2-3,6-7,13,16,18H,4-5,8-12H2,1H3,(H,19,21). The second kappa shape index (κ2) is 6.58. The van der Waals surface area contributed by atoms with Crippen molar-refractivity contribution >= 4 is 5.91 Å². The Morgan fingerprint density at radius 3 is 2.95 bits per heavy atom. The molecule has 2 aliphatic heterocycles. The molecule has 1 aromatic carbocycles. The van der Waals surface area contributed by atoms with Crippen molar-refractivity contribution in [3.05, 3.63) is 35.4 Å². The van der Waals surface area contributed by atoms with Gasteiger partial charge >= 0.3 is 0 Å². The van der Waals surface area contributed by atoms with E-state index >= 15 is 0 Å². The largest absolute Gasteiger partial charge is 0.353 e. The number of likely N-dealkylation sites (tertiary alicyclic amines) is 1. The van der Waals surface area contributed by atoms with E-state index in [9.17, 15) is 4.79 Å². The highest BCUT2D eigenvalue weighted by Gasteiger charge is 2.26. The van der Waals surface area contributed by atoms with Gasteiger partial charge < -0.3 is 10.6 Å². The molecule has 4 nitrogen and oxygen atoms in total. The molecule has 1 saturated heterocycles. The summed E-state index contributed by atoms with van der Waals surface area (Å²) in [6.45, 7) is 6.15. The van der Waals surface area contributed by atoms with Crippen LogP contribution in [0, 0.1) is 0 Å². The Bertz CT molecular complexity index is 497. The van der Waals surface area contributed by atoms with Gasteiger partial charge in [-0.1, -0.05) is 24.3 Å². The van der Waals surface area contributed by atoms with E-state index in [2.05, 4.69) is 40.7 Å². The number of fused-ring (bicyclic) bond motifs is 1. The number of benzene rings is 1. The molecule has 0 spiro atoms. The van der Waals surface area contributed by atoms with E-state index in [4.69, 9.17) is 0 Å². The molecule has 0 aliphatic carbocycles. The highest BCUT2D eigenvalue weighted by Crippen LogP contribution is 2.22. The van der Waals surface area contributed by atoms with Gasteiger partial charge in [0.1, 0.15) is 6.04 Å². The third-order valence-electron chi connectivity index (χ3n) is 4.71. The molecule has 1 amide bonds. The summed E-state index contributed by atoms with van der Waals surface area (Å²) in [7, 11) is 0. The maximum Gasteiger partial charge on any atom is 0.241 e. The molecule has 2 unspecified atom stereocenters. The number of carbonyl (C=O) groups excluding carboxylic acids is 1. The lowest BCUT2D eigenvalue weighted by Crippen LogP contribution is -2.46. The summed E-state index contributed by atoms with van der Waals surface area (Å²) in [6.07, 6.45) is 3.58. The number of nitrogens with zero attached hydrogens (tertiary/aromatic N) is 1. The summed E-state index contributed by atoms with van der Waals surface area (Å²) in [6, 6.07) is 8.49. The molecule has 0 radical (unpaired) electrons. The van der Waals surface area contributed by atoms with E-state index < -0.39 is 0 Å². The number of nitrogens with one attached hydrogen (secondary N) is 2. The Kier molecular flexibility index (Phi) is 4.56. The Morgan fingerprint density at radius 1 is 1.38 bits per heavy atom. The predicted octanol–water partition coefficient (Wildman–Crippen LogP) is 1.47. The van der Waals surface area contributed by atoms with E-state index in [1.54, 1.807) is 0 Å². The van der Waals surface area contributed by atoms with E-state index in [0.29, 0.717) is 6.04 Å². The molecule has 114 valence electrons. The molecule has 21 heavy (non-hydrogen) atoms. The first-order valence-corrected chi connectivity index (χ1v) is 8.08. The molecule has 0 bridgehead atoms.